The summed E-state index contributed by atoms with van der Waals surface area (Å²) in [5.74, 6) is -0.777. The summed E-state index contributed by atoms with van der Waals surface area (Å²) in [5, 5.41) is 9.75. The smallest absolute Gasteiger partial charge is 0.489 e. The Morgan fingerprint density at radius 1 is 0.868 bits per heavy atom. The molecule has 0 spiro atoms. The van der Waals surface area contributed by atoms with Gasteiger partial charge in [0.15, 0.2) is 6.10 Å². The maximum atomic E-state index is 13.4. The fourth-order valence-corrected chi connectivity index (χ4v) is 4.37. The highest BCUT2D eigenvalue weighted by Gasteiger charge is 2.45. The second kappa shape index (κ2) is 12.0. The third kappa shape index (κ3) is 8.69. The molecule has 0 radical (unpaired) electrons. The van der Waals surface area contributed by atoms with E-state index in [9.17, 15) is 44.6 Å². The van der Waals surface area contributed by atoms with Gasteiger partial charge in [-0.15, -0.1) is 13.2 Å². The summed E-state index contributed by atoms with van der Waals surface area (Å²) in [7, 11) is 0. The maximum absolute atomic E-state index is 13.4. The zero-order valence-electron chi connectivity index (χ0n) is 19.9. The Hall–Kier alpha value is -2.67. The average Bonchev–Trinajstić information content (AvgIpc) is 2.84. The van der Waals surface area contributed by atoms with Crippen LogP contribution in [-0.4, -0.2) is 36.5 Å². The lowest BCUT2D eigenvalue weighted by molar-refractivity contribution is -0.349. The summed E-state index contributed by atoms with van der Waals surface area (Å²) in [4.78, 5) is 0.721. The Bertz CT molecular complexity index is 1030. The van der Waals surface area contributed by atoms with Crippen LogP contribution in [0, 0.1) is 5.92 Å². The number of hydrogen-bond acceptors (Lipinski definition) is 4. The van der Waals surface area contributed by atoms with Gasteiger partial charge < -0.3 is 14.7 Å². The number of alkyl halides is 9. The maximum Gasteiger partial charge on any atom is 0.524 e. The standard InChI is InChI=1S/C25H26F9NO3/c26-23(27,28)18-9-4-6-16(12-18)15-37-20-11-5-10-19(13-20)35(14-21(36)24(29,30)31)22(38-25(32,33)34)17-7-2-1-3-8-17/h4-6,9-13,17,21-22,36H,1-3,7-8,14-15H2. The van der Waals surface area contributed by atoms with E-state index in [2.05, 4.69) is 4.74 Å². The average molecular weight is 559 g/mol. The molecule has 1 fully saturated rings. The lowest BCUT2D eigenvalue weighted by Crippen LogP contribution is -2.51. The van der Waals surface area contributed by atoms with Gasteiger partial charge in [-0.2, -0.15) is 26.3 Å². The van der Waals surface area contributed by atoms with Crippen LogP contribution < -0.4 is 9.64 Å². The van der Waals surface area contributed by atoms with Gasteiger partial charge >= 0.3 is 18.7 Å². The lowest BCUT2D eigenvalue weighted by atomic mass is 9.87. The summed E-state index contributed by atoms with van der Waals surface area (Å²) in [6.07, 6.45) is -17.2. The Morgan fingerprint density at radius 2 is 1.53 bits per heavy atom. The minimum Gasteiger partial charge on any atom is -0.489 e. The molecule has 2 aromatic carbocycles. The molecule has 1 aliphatic rings. The molecule has 2 atom stereocenters. The molecule has 3 rings (SSSR count). The van der Waals surface area contributed by atoms with Crippen molar-refractivity contribution in [2.75, 3.05) is 11.4 Å². The van der Waals surface area contributed by atoms with Gasteiger partial charge in [0.25, 0.3) is 0 Å². The normalized spacial score (nSPS) is 17.2. The molecular formula is C25H26F9NO3. The quantitative estimate of drug-likeness (QED) is 0.256. The third-order valence-corrected chi connectivity index (χ3v) is 6.17. The number of halogens is 9. The van der Waals surface area contributed by atoms with Gasteiger partial charge in [-0.25, -0.2) is 0 Å². The summed E-state index contributed by atoms with van der Waals surface area (Å²) in [5.41, 5.74) is -0.899. The van der Waals surface area contributed by atoms with E-state index in [4.69, 9.17) is 4.74 Å². The minimum atomic E-state index is -5.17. The molecule has 2 unspecified atom stereocenters. The SMILES string of the molecule is OC(CN(c1cccc(OCc2cccc(C(F)(F)F)c2)c1)C(OC(F)(F)F)C1CCCCC1)C(F)(F)F. The summed E-state index contributed by atoms with van der Waals surface area (Å²) in [6, 6.07) is 9.38. The van der Waals surface area contributed by atoms with Crippen LogP contribution in [0.3, 0.4) is 0 Å². The number of aliphatic hydroxyl groups excluding tert-OH is 1. The monoisotopic (exact) mass is 559 g/mol. The van der Waals surface area contributed by atoms with Crippen molar-refractivity contribution >= 4 is 5.69 Å². The molecule has 1 aliphatic carbocycles. The third-order valence-electron chi connectivity index (χ3n) is 6.17. The molecule has 1 saturated carbocycles. The Labute approximate surface area is 212 Å². The number of hydrogen-bond donors (Lipinski definition) is 1. The van der Waals surface area contributed by atoms with E-state index in [0.29, 0.717) is 12.8 Å². The predicted molar refractivity (Wildman–Crippen MR) is 119 cm³/mol. The summed E-state index contributed by atoms with van der Waals surface area (Å²) < 4.78 is 129. The highest BCUT2D eigenvalue weighted by Crippen LogP contribution is 2.37. The molecule has 13 heteroatoms. The Kier molecular flexibility index (Phi) is 9.45. The molecule has 0 aliphatic heterocycles. The van der Waals surface area contributed by atoms with Crippen LogP contribution in [0.5, 0.6) is 5.75 Å². The molecule has 0 bridgehead atoms. The predicted octanol–water partition coefficient (Wildman–Crippen LogP) is 7.46. The van der Waals surface area contributed by atoms with Gasteiger partial charge in [-0.1, -0.05) is 37.5 Å². The van der Waals surface area contributed by atoms with Crippen molar-refractivity contribution in [3.8, 4) is 5.75 Å². The highest BCUT2D eigenvalue weighted by molar-refractivity contribution is 5.51. The van der Waals surface area contributed by atoms with E-state index in [1.165, 1.54) is 30.3 Å². The molecule has 4 nitrogen and oxygen atoms in total. The van der Waals surface area contributed by atoms with Crippen LogP contribution in [0.1, 0.15) is 43.2 Å². The van der Waals surface area contributed by atoms with Gasteiger partial charge in [-0.3, -0.25) is 4.74 Å². The molecule has 0 aromatic heterocycles. The highest BCUT2D eigenvalue weighted by atomic mass is 19.4. The minimum absolute atomic E-state index is 0.0131. The first-order chi connectivity index (χ1) is 17.6. The number of aliphatic hydroxyl groups is 1. The van der Waals surface area contributed by atoms with E-state index in [0.717, 1.165) is 29.5 Å². The number of ether oxygens (including phenoxy) is 2. The van der Waals surface area contributed by atoms with Crippen molar-refractivity contribution in [1.29, 1.82) is 0 Å². The van der Waals surface area contributed by atoms with Gasteiger partial charge in [0.2, 0.25) is 0 Å². The molecule has 38 heavy (non-hydrogen) atoms. The topological polar surface area (TPSA) is 41.9 Å². The second-order valence-corrected chi connectivity index (χ2v) is 9.05. The van der Waals surface area contributed by atoms with Crippen LogP contribution in [-0.2, 0) is 17.5 Å². The molecule has 2 aromatic rings. The fraction of sp³-hybridized carbons (Fsp3) is 0.520. The first-order valence-corrected chi connectivity index (χ1v) is 11.8. The van der Waals surface area contributed by atoms with Crippen LogP contribution in [0.4, 0.5) is 45.2 Å². The molecule has 0 amide bonds. The van der Waals surface area contributed by atoms with Crippen molar-refractivity contribution in [1.82, 2.24) is 0 Å². The van der Waals surface area contributed by atoms with Crippen LogP contribution >= 0.6 is 0 Å². The first kappa shape index (κ1) is 29.9. The van der Waals surface area contributed by atoms with Gasteiger partial charge in [0.05, 0.1) is 12.1 Å². The number of anilines is 1. The fourth-order valence-electron chi connectivity index (χ4n) is 4.37. The number of nitrogens with zero attached hydrogens (tertiary/aromatic N) is 1. The Balaban J connectivity index is 1.91. The van der Waals surface area contributed by atoms with Crippen LogP contribution in [0.15, 0.2) is 48.5 Å². The van der Waals surface area contributed by atoms with E-state index in [1.54, 1.807) is 0 Å². The van der Waals surface area contributed by atoms with Crippen molar-refractivity contribution in [2.24, 2.45) is 5.92 Å². The van der Waals surface area contributed by atoms with Gasteiger partial charge in [-0.05, 0) is 42.7 Å². The van der Waals surface area contributed by atoms with Crippen molar-refractivity contribution in [3.63, 3.8) is 0 Å². The number of rotatable bonds is 9. The molecule has 0 saturated heterocycles. The molecular weight excluding hydrogens is 533 g/mol. The van der Waals surface area contributed by atoms with Gasteiger partial charge in [0.1, 0.15) is 18.6 Å². The first-order valence-electron chi connectivity index (χ1n) is 11.8. The second-order valence-electron chi connectivity index (χ2n) is 9.05. The van der Waals surface area contributed by atoms with E-state index < -0.39 is 49.1 Å². The summed E-state index contributed by atoms with van der Waals surface area (Å²) in [6.45, 7) is -1.58. The van der Waals surface area contributed by atoms with Gasteiger partial charge in [0, 0.05) is 17.7 Å². The summed E-state index contributed by atoms with van der Waals surface area (Å²) >= 11 is 0. The molecule has 1 N–H and O–H groups in total. The van der Waals surface area contributed by atoms with Crippen molar-refractivity contribution < 1.29 is 54.1 Å². The zero-order chi connectivity index (χ0) is 28.1. The van der Waals surface area contributed by atoms with Crippen molar-refractivity contribution in [3.05, 3.63) is 59.7 Å². The Morgan fingerprint density at radius 3 is 2.13 bits per heavy atom. The van der Waals surface area contributed by atoms with E-state index in [1.807, 2.05) is 0 Å². The van der Waals surface area contributed by atoms with Crippen molar-refractivity contribution in [2.45, 2.75) is 69.8 Å². The zero-order valence-corrected chi connectivity index (χ0v) is 19.9. The largest absolute Gasteiger partial charge is 0.524 e. The van der Waals surface area contributed by atoms with Crippen LogP contribution in [0.25, 0.3) is 0 Å². The number of benzene rings is 2. The van der Waals surface area contributed by atoms with E-state index in [-0.39, 0.29) is 36.4 Å². The van der Waals surface area contributed by atoms with Crippen LogP contribution in [0.2, 0.25) is 0 Å². The van der Waals surface area contributed by atoms with E-state index >= 15 is 0 Å². The molecule has 212 valence electrons. The lowest BCUT2D eigenvalue weighted by Gasteiger charge is -2.41. The molecule has 0 heterocycles.